The Bertz CT molecular complexity index is 1660. The van der Waals surface area contributed by atoms with Crippen molar-refractivity contribution in [1.29, 1.82) is 0 Å². The van der Waals surface area contributed by atoms with Gasteiger partial charge in [-0.05, 0) is 54.3 Å². The minimum Gasteiger partial charge on any atom is -0.451 e. The van der Waals surface area contributed by atoms with E-state index in [9.17, 15) is 14.4 Å². The van der Waals surface area contributed by atoms with E-state index in [4.69, 9.17) is 16.0 Å². The number of nitrogens with zero attached hydrogens (tertiary/aromatic N) is 3. The van der Waals surface area contributed by atoms with Crippen molar-refractivity contribution < 1.29 is 14.0 Å². The number of hydrogen-bond acceptors (Lipinski definition) is 6. The van der Waals surface area contributed by atoms with E-state index in [0.717, 1.165) is 44.7 Å². The molecule has 9 heteroatoms. The number of hydrogen-bond donors (Lipinski definition) is 1. The summed E-state index contributed by atoms with van der Waals surface area (Å²) in [5, 5.41) is 4.24. The van der Waals surface area contributed by atoms with E-state index in [1.165, 1.54) is 17.3 Å². The summed E-state index contributed by atoms with van der Waals surface area (Å²) in [6.45, 7) is 5.45. The first kappa shape index (κ1) is 29.0. The molecule has 1 atom stereocenters. The van der Waals surface area contributed by atoms with Crippen LogP contribution in [0.2, 0.25) is 5.02 Å². The zero-order valence-electron chi connectivity index (χ0n) is 24.0. The molecule has 2 aliphatic rings. The van der Waals surface area contributed by atoms with Crippen molar-refractivity contribution in [3.63, 3.8) is 0 Å². The Morgan fingerprint density at radius 1 is 0.907 bits per heavy atom. The van der Waals surface area contributed by atoms with Gasteiger partial charge in [-0.3, -0.25) is 19.3 Å². The minimum atomic E-state index is -0.411. The molecular weight excluding hydrogens is 564 g/mol. The predicted octanol–water partition coefficient (Wildman–Crippen LogP) is 4.73. The minimum absolute atomic E-state index is 0.00252. The molecule has 222 valence electrons. The number of halogens is 1. The van der Waals surface area contributed by atoms with Crippen molar-refractivity contribution in [2.45, 2.75) is 31.8 Å². The molecule has 1 aromatic heterocycles. The highest BCUT2D eigenvalue weighted by Gasteiger charge is 2.26. The number of fused-ring (bicyclic) bond motifs is 1. The Hall–Kier alpha value is -4.14. The van der Waals surface area contributed by atoms with Gasteiger partial charge in [0, 0.05) is 75.1 Å². The highest BCUT2D eigenvalue weighted by Crippen LogP contribution is 2.25. The summed E-state index contributed by atoms with van der Waals surface area (Å²) < 4.78 is 5.82. The quantitative estimate of drug-likeness (QED) is 0.300. The van der Waals surface area contributed by atoms with Crippen molar-refractivity contribution in [1.82, 2.24) is 15.1 Å². The molecule has 43 heavy (non-hydrogen) atoms. The fourth-order valence-corrected chi connectivity index (χ4v) is 6.18. The van der Waals surface area contributed by atoms with Gasteiger partial charge in [0.2, 0.25) is 5.91 Å². The summed E-state index contributed by atoms with van der Waals surface area (Å²) in [4.78, 5) is 44.9. The van der Waals surface area contributed by atoms with E-state index < -0.39 is 5.91 Å². The lowest BCUT2D eigenvalue weighted by Gasteiger charge is -2.38. The van der Waals surface area contributed by atoms with Crippen LogP contribution in [-0.2, 0) is 17.8 Å². The predicted molar refractivity (Wildman–Crippen MR) is 169 cm³/mol. The summed E-state index contributed by atoms with van der Waals surface area (Å²) in [7, 11) is 0. The van der Waals surface area contributed by atoms with Gasteiger partial charge in [-0.1, -0.05) is 54.1 Å². The molecule has 8 nitrogen and oxygen atoms in total. The van der Waals surface area contributed by atoms with E-state index in [2.05, 4.69) is 33.3 Å². The van der Waals surface area contributed by atoms with Crippen molar-refractivity contribution in [2.24, 2.45) is 0 Å². The monoisotopic (exact) mass is 598 g/mol. The first-order valence-corrected chi connectivity index (χ1v) is 15.2. The smallest absolute Gasteiger partial charge is 0.287 e. The van der Waals surface area contributed by atoms with Crippen LogP contribution in [-0.4, -0.2) is 66.9 Å². The topological polar surface area (TPSA) is 86.1 Å². The van der Waals surface area contributed by atoms with Crippen molar-refractivity contribution in [2.75, 3.05) is 44.2 Å². The maximum Gasteiger partial charge on any atom is 0.287 e. The summed E-state index contributed by atoms with van der Waals surface area (Å²) >= 11 is 6.12. The zero-order valence-corrected chi connectivity index (χ0v) is 24.8. The van der Waals surface area contributed by atoms with Crippen LogP contribution in [0.3, 0.4) is 0 Å². The highest BCUT2D eigenvalue weighted by atomic mass is 35.5. The molecule has 2 aliphatic heterocycles. The molecule has 4 aromatic rings. The highest BCUT2D eigenvalue weighted by molar-refractivity contribution is 6.30. The number of para-hydroxylation sites is 2. The number of benzene rings is 3. The molecule has 0 unspecified atom stereocenters. The molecule has 2 amide bonds. The van der Waals surface area contributed by atoms with Gasteiger partial charge in [-0.15, -0.1) is 0 Å². The Morgan fingerprint density at radius 3 is 2.42 bits per heavy atom. The Kier molecular flexibility index (Phi) is 8.77. The Morgan fingerprint density at radius 2 is 1.65 bits per heavy atom. The Balaban J connectivity index is 1.14. The van der Waals surface area contributed by atoms with Crippen molar-refractivity contribution in [3.05, 3.63) is 111 Å². The van der Waals surface area contributed by atoms with E-state index >= 15 is 0 Å². The second-order valence-electron chi connectivity index (χ2n) is 11.3. The maximum absolute atomic E-state index is 13.4. The van der Waals surface area contributed by atoms with E-state index in [1.807, 2.05) is 35.2 Å². The van der Waals surface area contributed by atoms with Crippen LogP contribution < -0.4 is 15.6 Å². The van der Waals surface area contributed by atoms with Gasteiger partial charge < -0.3 is 19.5 Å². The molecule has 0 aliphatic carbocycles. The lowest BCUT2D eigenvalue weighted by atomic mass is 10.0. The average molecular weight is 599 g/mol. The molecule has 0 radical (unpaired) electrons. The summed E-state index contributed by atoms with van der Waals surface area (Å²) in [5.41, 5.74) is 3.56. The third-order valence-electron chi connectivity index (χ3n) is 8.30. The van der Waals surface area contributed by atoms with Gasteiger partial charge in [0.1, 0.15) is 5.58 Å². The normalized spacial score (nSPS) is 16.5. The van der Waals surface area contributed by atoms with Crippen LogP contribution in [0.4, 0.5) is 5.69 Å². The number of anilines is 1. The first-order valence-electron chi connectivity index (χ1n) is 14.8. The van der Waals surface area contributed by atoms with Gasteiger partial charge in [-0.2, -0.15) is 0 Å². The zero-order chi connectivity index (χ0) is 29.8. The maximum atomic E-state index is 13.4. The van der Waals surface area contributed by atoms with Gasteiger partial charge in [0.15, 0.2) is 11.2 Å². The van der Waals surface area contributed by atoms with Gasteiger partial charge in [-0.25, -0.2) is 0 Å². The van der Waals surface area contributed by atoms with Crippen LogP contribution in [0.5, 0.6) is 0 Å². The van der Waals surface area contributed by atoms with Crippen LogP contribution in [0, 0.1) is 0 Å². The molecule has 1 N–H and O–H groups in total. The van der Waals surface area contributed by atoms with Crippen molar-refractivity contribution in [3.8, 4) is 0 Å². The molecular formula is C34H35ClN4O4. The molecule has 3 heterocycles. The largest absolute Gasteiger partial charge is 0.451 e. The lowest BCUT2D eigenvalue weighted by molar-refractivity contribution is -0.128. The van der Waals surface area contributed by atoms with Gasteiger partial charge in [0.05, 0.1) is 5.39 Å². The fraction of sp³-hybridized carbons (Fsp3) is 0.324. The summed E-state index contributed by atoms with van der Waals surface area (Å²) in [5.74, 6) is -0.176. The van der Waals surface area contributed by atoms with E-state index in [-0.39, 0.29) is 23.1 Å². The molecule has 2 fully saturated rings. The lowest BCUT2D eigenvalue weighted by Crippen LogP contribution is -2.52. The number of carbonyl (C=O) groups excluding carboxylic acids is 2. The number of likely N-dealkylation sites (tertiary alicyclic amines) is 1. The van der Waals surface area contributed by atoms with Crippen LogP contribution in [0.25, 0.3) is 11.0 Å². The molecule has 0 spiro atoms. The fourth-order valence-electron chi connectivity index (χ4n) is 6.05. The number of nitrogens with one attached hydrogen (secondary N) is 1. The summed E-state index contributed by atoms with van der Waals surface area (Å²) in [6, 6.07) is 24.0. The standard InChI is InChI=1S/C34H35ClN4O4/c35-26-13-11-24(12-14-26)20-27(36-34(42)32-21-30(40)28-7-2-4-9-31(28)43-32)23-37-16-18-38(19-17-37)29-8-3-1-6-25(29)22-39-15-5-10-33(39)41/h1-4,6-9,11-14,21,27H,5,10,15-20,22-23H2,(H,36,42)/t27-/m0/s1. The first-order chi connectivity index (χ1) is 20.9. The molecule has 2 saturated heterocycles. The van der Waals surface area contributed by atoms with Gasteiger partial charge in [0.25, 0.3) is 5.91 Å². The Labute approximate surface area is 255 Å². The number of carbonyl (C=O) groups is 2. The molecule has 0 bridgehead atoms. The SMILES string of the molecule is O=C(N[C@@H](Cc1ccc(Cl)cc1)CN1CCN(c2ccccc2CN2CCCC2=O)CC1)c1cc(=O)c2ccccc2o1. The molecule has 6 rings (SSSR count). The van der Waals surface area contributed by atoms with Crippen LogP contribution in [0.1, 0.15) is 34.5 Å². The number of rotatable bonds is 9. The van der Waals surface area contributed by atoms with Crippen LogP contribution >= 0.6 is 11.6 Å². The third kappa shape index (κ3) is 6.92. The van der Waals surface area contributed by atoms with E-state index in [0.29, 0.717) is 41.9 Å². The van der Waals surface area contributed by atoms with Crippen LogP contribution in [0.15, 0.2) is 88.1 Å². The average Bonchev–Trinajstić information content (AvgIpc) is 3.42. The molecule has 3 aromatic carbocycles. The second-order valence-corrected chi connectivity index (χ2v) is 11.7. The van der Waals surface area contributed by atoms with Gasteiger partial charge >= 0.3 is 0 Å². The number of amides is 2. The van der Waals surface area contributed by atoms with Crippen molar-refractivity contribution >= 4 is 40.1 Å². The number of piperazine rings is 1. The summed E-state index contributed by atoms with van der Waals surface area (Å²) in [6.07, 6.45) is 2.18. The second kappa shape index (κ2) is 13.0. The van der Waals surface area contributed by atoms with E-state index in [1.54, 1.807) is 24.3 Å². The molecule has 0 saturated carbocycles. The third-order valence-corrected chi connectivity index (χ3v) is 8.56.